The van der Waals surface area contributed by atoms with Crippen LogP contribution in [0.25, 0.3) is 75.6 Å². The topological polar surface area (TPSA) is 25.8 Å². The number of thiophene rings is 2. The third kappa shape index (κ3) is 4.51. The van der Waals surface area contributed by atoms with Crippen LogP contribution in [0.15, 0.2) is 145 Å². The van der Waals surface area contributed by atoms with E-state index in [1.807, 2.05) is 17.4 Å². The van der Waals surface area contributed by atoms with Crippen LogP contribution in [0.2, 0.25) is 0 Å². The Labute approximate surface area is 252 Å². The molecule has 4 heteroatoms. The molecule has 0 atom stereocenters. The molecule has 0 fully saturated rings. The molecule has 0 aliphatic carbocycles. The molecule has 0 bridgehead atoms. The van der Waals surface area contributed by atoms with Gasteiger partial charge in [-0.2, -0.15) is 0 Å². The minimum absolute atomic E-state index is 0.752. The molecule has 0 saturated heterocycles. The summed E-state index contributed by atoms with van der Waals surface area (Å²) in [6, 6.07) is 49.4. The van der Waals surface area contributed by atoms with Crippen molar-refractivity contribution in [1.82, 2.24) is 9.97 Å². The zero-order chi connectivity index (χ0) is 27.9. The minimum Gasteiger partial charge on any atom is -0.227 e. The first kappa shape index (κ1) is 24.9. The van der Waals surface area contributed by atoms with E-state index in [1.165, 1.54) is 42.4 Å². The van der Waals surface area contributed by atoms with Crippen LogP contribution >= 0.6 is 22.7 Å². The molecule has 8 aromatic rings. The van der Waals surface area contributed by atoms with E-state index in [9.17, 15) is 0 Å². The van der Waals surface area contributed by atoms with Crippen molar-refractivity contribution in [3.05, 3.63) is 145 Å². The van der Waals surface area contributed by atoms with Crippen molar-refractivity contribution in [2.24, 2.45) is 0 Å². The maximum Gasteiger partial charge on any atom is 0.170 e. The molecule has 0 saturated carbocycles. The normalized spacial score (nSPS) is 11.3. The summed E-state index contributed by atoms with van der Waals surface area (Å²) in [5.41, 5.74) is 8.82. The van der Waals surface area contributed by atoms with Gasteiger partial charge in [0.15, 0.2) is 5.82 Å². The molecule has 3 aromatic heterocycles. The highest BCUT2D eigenvalue weighted by molar-refractivity contribution is 7.26. The molecular weight excluding hydrogens is 549 g/mol. The van der Waals surface area contributed by atoms with Crippen LogP contribution in [0.1, 0.15) is 0 Å². The van der Waals surface area contributed by atoms with E-state index in [-0.39, 0.29) is 0 Å². The van der Waals surface area contributed by atoms with Crippen LogP contribution in [-0.2, 0) is 0 Å². The summed E-state index contributed by atoms with van der Waals surface area (Å²) in [7, 11) is 0. The quantitative estimate of drug-likeness (QED) is 0.205. The van der Waals surface area contributed by atoms with Crippen molar-refractivity contribution in [1.29, 1.82) is 0 Å². The van der Waals surface area contributed by atoms with Crippen LogP contribution in [0.4, 0.5) is 0 Å². The smallest absolute Gasteiger partial charge is 0.170 e. The molecule has 42 heavy (non-hydrogen) atoms. The van der Waals surface area contributed by atoms with Gasteiger partial charge in [-0.25, -0.2) is 9.97 Å². The van der Waals surface area contributed by atoms with Crippen molar-refractivity contribution in [2.75, 3.05) is 0 Å². The Kier molecular flexibility index (Phi) is 6.21. The molecule has 0 unspecified atom stereocenters. The van der Waals surface area contributed by atoms with Crippen molar-refractivity contribution in [3.8, 4) is 55.5 Å². The lowest BCUT2D eigenvalue weighted by atomic mass is 9.99. The molecular formula is C38H24N2S2. The van der Waals surface area contributed by atoms with E-state index < -0.39 is 0 Å². The van der Waals surface area contributed by atoms with Crippen LogP contribution in [0, 0.1) is 0 Å². The summed E-state index contributed by atoms with van der Waals surface area (Å²) in [6.07, 6.45) is 0. The molecule has 0 N–H and O–H groups in total. The standard InChI is InChI=1S/C38H24N2S2/c1-2-9-25(10-3-1)26-18-20-27(21-19-26)33-24-34(40-38(39-33)36-17-8-22-41-36)29-12-6-11-28(23-29)30-14-7-15-32-31-13-4-5-16-35(31)42-37(30)32/h1-24H. The van der Waals surface area contributed by atoms with Gasteiger partial charge in [0.25, 0.3) is 0 Å². The Hall–Kier alpha value is -4.90. The fraction of sp³-hybridized carbons (Fsp3) is 0. The molecule has 2 nitrogen and oxygen atoms in total. The number of fused-ring (bicyclic) bond motifs is 3. The average Bonchev–Trinajstić information content (AvgIpc) is 3.74. The Morgan fingerprint density at radius 1 is 0.452 bits per heavy atom. The largest absolute Gasteiger partial charge is 0.227 e. The highest BCUT2D eigenvalue weighted by Crippen LogP contribution is 2.40. The minimum atomic E-state index is 0.752. The first-order chi connectivity index (χ1) is 20.8. The maximum absolute atomic E-state index is 5.07. The highest BCUT2D eigenvalue weighted by Gasteiger charge is 2.14. The molecule has 3 heterocycles. The molecule has 5 aromatic carbocycles. The average molecular weight is 573 g/mol. The summed E-state index contributed by atoms with van der Waals surface area (Å²) < 4.78 is 2.63. The van der Waals surface area contributed by atoms with Crippen molar-refractivity contribution >= 4 is 42.8 Å². The number of rotatable bonds is 5. The predicted molar refractivity (Wildman–Crippen MR) is 180 cm³/mol. The van der Waals surface area contributed by atoms with E-state index >= 15 is 0 Å². The van der Waals surface area contributed by atoms with Gasteiger partial charge in [-0.05, 0) is 51.9 Å². The second kappa shape index (κ2) is 10.5. The molecule has 198 valence electrons. The third-order valence-electron chi connectivity index (χ3n) is 7.63. The van der Waals surface area contributed by atoms with E-state index in [0.29, 0.717) is 0 Å². The Bertz CT molecular complexity index is 2180. The highest BCUT2D eigenvalue weighted by atomic mass is 32.1. The summed E-state index contributed by atoms with van der Waals surface area (Å²) >= 11 is 3.52. The van der Waals surface area contributed by atoms with Crippen LogP contribution in [0.5, 0.6) is 0 Å². The number of hydrogen-bond donors (Lipinski definition) is 0. The second-order valence-corrected chi connectivity index (χ2v) is 12.2. The number of aromatic nitrogens is 2. The van der Waals surface area contributed by atoms with Gasteiger partial charge in [0.2, 0.25) is 0 Å². The fourth-order valence-electron chi connectivity index (χ4n) is 5.54. The van der Waals surface area contributed by atoms with Crippen molar-refractivity contribution in [2.45, 2.75) is 0 Å². The van der Waals surface area contributed by atoms with Gasteiger partial charge >= 0.3 is 0 Å². The Balaban J connectivity index is 1.24. The van der Waals surface area contributed by atoms with Crippen LogP contribution in [0.3, 0.4) is 0 Å². The summed E-state index contributed by atoms with van der Waals surface area (Å²) in [6.45, 7) is 0. The molecule has 0 aliphatic rings. The number of benzene rings is 5. The maximum atomic E-state index is 5.07. The van der Waals surface area contributed by atoms with Gasteiger partial charge < -0.3 is 0 Å². The SMILES string of the molecule is c1ccc(-c2ccc(-c3cc(-c4cccc(-c5cccc6c5sc5ccccc56)c4)nc(-c4cccs4)n3)cc2)cc1. The van der Waals surface area contributed by atoms with Gasteiger partial charge in [0, 0.05) is 31.3 Å². The van der Waals surface area contributed by atoms with Gasteiger partial charge in [-0.15, -0.1) is 22.7 Å². The van der Waals surface area contributed by atoms with Crippen LogP contribution in [-0.4, -0.2) is 9.97 Å². The number of hydrogen-bond acceptors (Lipinski definition) is 4. The van der Waals surface area contributed by atoms with E-state index in [1.54, 1.807) is 11.3 Å². The monoisotopic (exact) mass is 572 g/mol. The summed E-state index contributed by atoms with van der Waals surface area (Å²) in [5.74, 6) is 0.752. The summed E-state index contributed by atoms with van der Waals surface area (Å²) in [5, 5.41) is 4.70. The van der Waals surface area contributed by atoms with E-state index in [4.69, 9.17) is 9.97 Å². The zero-order valence-electron chi connectivity index (χ0n) is 22.6. The summed E-state index contributed by atoms with van der Waals surface area (Å²) in [4.78, 5) is 11.2. The second-order valence-electron chi connectivity index (χ2n) is 10.2. The lowest BCUT2D eigenvalue weighted by molar-refractivity contribution is 1.19. The first-order valence-corrected chi connectivity index (χ1v) is 15.6. The van der Waals surface area contributed by atoms with Gasteiger partial charge in [0.05, 0.1) is 16.3 Å². The molecule has 0 radical (unpaired) electrons. The molecule has 8 rings (SSSR count). The first-order valence-electron chi connectivity index (χ1n) is 13.9. The Morgan fingerprint density at radius 2 is 1.12 bits per heavy atom. The van der Waals surface area contributed by atoms with Gasteiger partial charge in [-0.1, -0.05) is 115 Å². The van der Waals surface area contributed by atoms with E-state index in [0.717, 1.165) is 33.2 Å². The number of nitrogens with zero attached hydrogens (tertiary/aromatic N) is 2. The Morgan fingerprint density at radius 3 is 1.95 bits per heavy atom. The molecule has 0 amide bonds. The van der Waals surface area contributed by atoms with Gasteiger partial charge in [0.1, 0.15) is 0 Å². The van der Waals surface area contributed by atoms with Gasteiger partial charge in [-0.3, -0.25) is 0 Å². The van der Waals surface area contributed by atoms with Crippen molar-refractivity contribution < 1.29 is 0 Å². The molecule has 0 spiro atoms. The zero-order valence-corrected chi connectivity index (χ0v) is 24.2. The molecule has 0 aliphatic heterocycles. The predicted octanol–water partition coefficient (Wildman–Crippen LogP) is 11.2. The van der Waals surface area contributed by atoms with Crippen LogP contribution < -0.4 is 0 Å². The van der Waals surface area contributed by atoms with E-state index in [2.05, 4.69) is 139 Å². The van der Waals surface area contributed by atoms with Crippen molar-refractivity contribution in [3.63, 3.8) is 0 Å². The fourth-order valence-corrected chi connectivity index (χ4v) is 7.44. The third-order valence-corrected chi connectivity index (χ3v) is 9.71. The lowest BCUT2D eigenvalue weighted by Crippen LogP contribution is -1.95. The lowest BCUT2D eigenvalue weighted by Gasteiger charge is -2.11.